The van der Waals surface area contributed by atoms with Crippen molar-refractivity contribution in [3.63, 3.8) is 0 Å². The molecule has 0 heterocycles. The van der Waals surface area contributed by atoms with Gasteiger partial charge in [0.05, 0.1) is 0 Å². The standard InChI is InChI=1S/C10H25N3S2/c1-3-11-5-9(7-14)13-6-10(8-15)12-4-2/h9-15H,3-8H2,1-2H3/t9-,10-/m1/s1. The monoisotopic (exact) mass is 251 g/mol. The van der Waals surface area contributed by atoms with E-state index in [0.717, 1.165) is 37.7 Å². The minimum atomic E-state index is 0.439. The SMILES string of the molecule is CCNC[C@H](CS)NC[C@H](CS)NCC. The van der Waals surface area contributed by atoms with E-state index in [4.69, 9.17) is 0 Å². The number of hydrogen-bond donors (Lipinski definition) is 5. The Morgan fingerprint density at radius 2 is 1.47 bits per heavy atom. The Bertz CT molecular complexity index is 136. The Morgan fingerprint density at radius 1 is 0.867 bits per heavy atom. The van der Waals surface area contributed by atoms with Gasteiger partial charge < -0.3 is 16.0 Å². The van der Waals surface area contributed by atoms with E-state index in [2.05, 4.69) is 55.1 Å². The minimum absolute atomic E-state index is 0.439. The summed E-state index contributed by atoms with van der Waals surface area (Å²) in [4.78, 5) is 0. The van der Waals surface area contributed by atoms with Crippen LogP contribution >= 0.6 is 25.3 Å². The average Bonchev–Trinajstić information content (AvgIpc) is 2.27. The maximum absolute atomic E-state index is 4.33. The Balaban J connectivity index is 3.66. The molecule has 0 unspecified atom stereocenters. The van der Waals surface area contributed by atoms with Crippen molar-refractivity contribution in [2.75, 3.05) is 37.7 Å². The van der Waals surface area contributed by atoms with Crippen molar-refractivity contribution in [2.24, 2.45) is 0 Å². The number of thiol groups is 2. The molecule has 0 amide bonds. The maximum atomic E-state index is 4.33. The van der Waals surface area contributed by atoms with Crippen LogP contribution in [0.5, 0.6) is 0 Å². The zero-order valence-electron chi connectivity index (χ0n) is 9.79. The number of likely N-dealkylation sites (N-methyl/N-ethyl adjacent to an activating group) is 2. The molecule has 0 bridgehead atoms. The van der Waals surface area contributed by atoms with E-state index in [1.165, 1.54) is 0 Å². The maximum Gasteiger partial charge on any atom is 0.0281 e. The first-order valence-electron chi connectivity index (χ1n) is 5.67. The van der Waals surface area contributed by atoms with Crippen LogP contribution in [0.25, 0.3) is 0 Å². The lowest BCUT2D eigenvalue weighted by Crippen LogP contribution is -2.47. The molecule has 0 rings (SSSR count). The van der Waals surface area contributed by atoms with Gasteiger partial charge in [0.1, 0.15) is 0 Å². The summed E-state index contributed by atoms with van der Waals surface area (Å²) in [6, 6.07) is 0.886. The van der Waals surface area contributed by atoms with Gasteiger partial charge in [-0.2, -0.15) is 25.3 Å². The van der Waals surface area contributed by atoms with Gasteiger partial charge in [0.25, 0.3) is 0 Å². The molecule has 0 saturated carbocycles. The van der Waals surface area contributed by atoms with Gasteiger partial charge >= 0.3 is 0 Å². The van der Waals surface area contributed by atoms with Gasteiger partial charge in [-0.05, 0) is 13.1 Å². The lowest BCUT2D eigenvalue weighted by molar-refractivity contribution is 0.461. The molecule has 92 valence electrons. The second-order valence-corrected chi connectivity index (χ2v) is 4.26. The van der Waals surface area contributed by atoms with E-state index in [0.29, 0.717) is 12.1 Å². The molecule has 0 saturated heterocycles. The van der Waals surface area contributed by atoms with Crippen molar-refractivity contribution in [3.8, 4) is 0 Å². The summed E-state index contributed by atoms with van der Waals surface area (Å²) in [7, 11) is 0. The fourth-order valence-corrected chi connectivity index (χ4v) is 1.84. The van der Waals surface area contributed by atoms with Gasteiger partial charge in [0.15, 0.2) is 0 Å². The summed E-state index contributed by atoms with van der Waals surface area (Å²) in [6.07, 6.45) is 0. The molecule has 3 N–H and O–H groups in total. The van der Waals surface area contributed by atoms with Gasteiger partial charge in [0, 0.05) is 36.7 Å². The third kappa shape index (κ3) is 8.39. The van der Waals surface area contributed by atoms with Crippen molar-refractivity contribution < 1.29 is 0 Å². The number of hydrogen-bond acceptors (Lipinski definition) is 5. The van der Waals surface area contributed by atoms with E-state index >= 15 is 0 Å². The molecule has 2 atom stereocenters. The first kappa shape index (κ1) is 15.6. The highest BCUT2D eigenvalue weighted by Crippen LogP contribution is 1.90. The molecule has 0 aliphatic heterocycles. The predicted molar refractivity (Wildman–Crippen MR) is 75.5 cm³/mol. The molecular formula is C10H25N3S2. The molecule has 0 aromatic heterocycles. The summed E-state index contributed by atoms with van der Waals surface area (Å²) in [5.74, 6) is 1.72. The quantitative estimate of drug-likeness (QED) is 0.365. The molecule has 0 aromatic rings. The van der Waals surface area contributed by atoms with Crippen LogP contribution < -0.4 is 16.0 Å². The molecule has 0 fully saturated rings. The van der Waals surface area contributed by atoms with Crippen LogP contribution in [0.1, 0.15) is 13.8 Å². The van der Waals surface area contributed by atoms with Gasteiger partial charge in [-0.15, -0.1) is 0 Å². The van der Waals surface area contributed by atoms with E-state index in [-0.39, 0.29) is 0 Å². The van der Waals surface area contributed by atoms with Crippen LogP contribution in [0.15, 0.2) is 0 Å². The summed E-state index contributed by atoms with van der Waals surface area (Å²) in [5, 5.41) is 10.2. The first-order valence-corrected chi connectivity index (χ1v) is 6.94. The van der Waals surface area contributed by atoms with Crippen LogP contribution in [0.3, 0.4) is 0 Å². The highest BCUT2D eigenvalue weighted by molar-refractivity contribution is 7.80. The van der Waals surface area contributed by atoms with Crippen LogP contribution in [-0.4, -0.2) is 49.8 Å². The average molecular weight is 251 g/mol. The lowest BCUT2D eigenvalue weighted by Gasteiger charge is -2.21. The molecule has 0 spiro atoms. The minimum Gasteiger partial charge on any atom is -0.315 e. The summed E-state index contributed by atoms with van der Waals surface area (Å²) >= 11 is 8.65. The second-order valence-electron chi connectivity index (χ2n) is 3.53. The first-order chi connectivity index (χ1) is 7.28. The van der Waals surface area contributed by atoms with E-state index in [1.807, 2.05) is 0 Å². The second kappa shape index (κ2) is 11.1. The molecule has 3 nitrogen and oxygen atoms in total. The molecule has 0 aromatic carbocycles. The van der Waals surface area contributed by atoms with Gasteiger partial charge in [-0.1, -0.05) is 13.8 Å². The van der Waals surface area contributed by atoms with Crippen molar-refractivity contribution in [2.45, 2.75) is 25.9 Å². The van der Waals surface area contributed by atoms with Gasteiger partial charge in [0.2, 0.25) is 0 Å². The van der Waals surface area contributed by atoms with E-state index < -0.39 is 0 Å². The summed E-state index contributed by atoms with van der Waals surface area (Å²) in [5.41, 5.74) is 0. The fourth-order valence-electron chi connectivity index (χ4n) is 1.32. The van der Waals surface area contributed by atoms with Gasteiger partial charge in [-0.3, -0.25) is 0 Å². The highest BCUT2D eigenvalue weighted by atomic mass is 32.1. The van der Waals surface area contributed by atoms with E-state index in [1.54, 1.807) is 0 Å². The summed E-state index contributed by atoms with van der Waals surface area (Å²) in [6.45, 7) is 8.16. The molecule has 0 aliphatic carbocycles. The third-order valence-corrected chi connectivity index (χ3v) is 3.11. The zero-order valence-corrected chi connectivity index (χ0v) is 11.6. The van der Waals surface area contributed by atoms with Crippen molar-refractivity contribution in [3.05, 3.63) is 0 Å². The Kier molecular flexibility index (Phi) is 11.5. The van der Waals surface area contributed by atoms with Crippen LogP contribution in [0.2, 0.25) is 0 Å². The molecule has 0 aliphatic rings. The van der Waals surface area contributed by atoms with Crippen molar-refractivity contribution in [1.29, 1.82) is 0 Å². The van der Waals surface area contributed by atoms with Crippen LogP contribution in [0, 0.1) is 0 Å². The predicted octanol–water partition coefficient (Wildman–Crippen LogP) is 0.392. The largest absolute Gasteiger partial charge is 0.315 e. The van der Waals surface area contributed by atoms with Crippen LogP contribution in [0.4, 0.5) is 0 Å². The molecule has 0 radical (unpaired) electrons. The third-order valence-electron chi connectivity index (χ3n) is 2.23. The molecule has 15 heavy (non-hydrogen) atoms. The topological polar surface area (TPSA) is 36.1 Å². The molecule has 5 heteroatoms. The normalized spacial score (nSPS) is 15.2. The van der Waals surface area contributed by atoms with Crippen molar-refractivity contribution in [1.82, 2.24) is 16.0 Å². The lowest BCUT2D eigenvalue weighted by atomic mass is 10.2. The Labute approximate surface area is 105 Å². The number of nitrogens with one attached hydrogen (secondary N) is 3. The van der Waals surface area contributed by atoms with Crippen molar-refractivity contribution >= 4 is 25.3 Å². The Morgan fingerprint density at radius 3 is 1.93 bits per heavy atom. The summed E-state index contributed by atoms with van der Waals surface area (Å²) < 4.78 is 0. The zero-order chi connectivity index (χ0) is 11.5. The fraction of sp³-hybridized carbons (Fsp3) is 1.00. The van der Waals surface area contributed by atoms with Crippen LogP contribution in [-0.2, 0) is 0 Å². The van der Waals surface area contributed by atoms with E-state index in [9.17, 15) is 0 Å². The molecular weight excluding hydrogens is 226 g/mol. The smallest absolute Gasteiger partial charge is 0.0281 e. The number of rotatable bonds is 10. The highest BCUT2D eigenvalue weighted by Gasteiger charge is 2.09. The Hall–Kier alpha value is 0.580. The van der Waals surface area contributed by atoms with Gasteiger partial charge in [-0.25, -0.2) is 0 Å².